The Hall–Kier alpha value is -2.51. The molecule has 0 saturated carbocycles. The normalized spacial score (nSPS) is 10.6. The minimum atomic E-state index is -0.395. The smallest absolute Gasteiger partial charge is 0.280 e. The van der Waals surface area contributed by atoms with Gasteiger partial charge in [0, 0.05) is 15.6 Å². The number of nitrogens with one attached hydrogen (secondary N) is 1. The topological polar surface area (TPSA) is 85.8 Å². The third-order valence-corrected chi connectivity index (χ3v) is 4.50. The summed E-state index contributed by atoms with van der Waals surface area (Å²) in [5.41, 5.74) is 7.74. The molecule has 2 aromatic carbocycles. The summed E-state index contributed by atoms with van der Waals surface area (Å²) in [7, 11) is 0. The van der Waals surface area contributed by atoms with E-state index in [4.69, 9.17) is 17.3 Å². The molecule has 0 aliphatic rings. The van der Waals surface area contributed by atoms with Crippen molar-refractivity contribution in [2.45, 2.75) is 11.4 Å². The van der Waals surface area contributed by atoms with Crippen LogP contribution in [0.4, 0.5) is 11.5 Å². The molecule has 0 fully saturated rings. The Bertz CT molecular complexity index is 912. The van der Waals surface area contributed by atoms with Gasteiger partial charge in [-0.25, -0.2) is 4.68 Å². The van der Waals surface area contributed by atoms with Crippen LogP contribution in [0.15, 0.2) is 53.4 Å². The highest BCUT2D eigenvalue weighted by Crippen LogP contribution is 2.20. The maximum atomic E-state index is 12.4. The molecular weight excluding hydrogens is 358 g/mol. The number of nitrogens with two attached hydrogens (primary N) is 1. The fourth-order valence-corrected chi connectivity index (χ4v) is 2.97. The summed E-state index contributed by atoms with van der Waals surface area (Å²) in [6.45, 7) is 0.384. The fourth-order valence-electron chi connectivity index (χ4n) is 2.30. The van der Waals surface area contributed by atoms with E-state index in [1.54, 1.807) is 17.8 Å². The lowest BCUT2D eigenvalue weighted by Crippen LogP contribution is -2.15. The van der Waals surface area contributed by atoms with Crippen molar-refractivity contribution in [2.75, 3.05) is 17.3 Å². The van der Waals surface area contributed by atoms with E-state index < -0.39 is 5.91 Å². The summed E-state index contributed by atoms with van der Waals surface area (Å²) >= 11 is 7.58. The number of benzene rings is 2. The second kappa shape index (κ2) is 7.58. The lowest BCUT2D eigenvalue weighted by atomic mass is 10.2. The van der Waals surface area contributed by atoms with E-state index in [9.17, 15) is 4.79 Å². The third kappa shape index (κ3) is 4.12. The molecular formula is C17H16ClN5OS. The molecule has 0 aliphatic heterocycles. The first-order chi connectivity index (χ1) is 12.1. The van der Waals surface area contributed by atoms with E-state index >= 15 is 0 Å². The standard InChI is InChI=1S/C17H16ClN5OS/c1-25-14-7-3-6-13(9-14)20-17(24)15-16(19)23(22-21-15)10-11-4-2-5-12(18)8-11/h2-9H,10,19H2,1H3,(H,20,24). The van der Waals surface area contributed by atoms with Gasteiger partial charge in [0.05, 0.1) is 6.54 Å². The van der Waals surface area contributed by atoms with Gasteiger partial charge in [0.1, 0.15) is 0 Å². The Morgan fingerprint density at radius 1 is 1.28 bits per heavy atom. The predicted molar refractivity (Wildman–Crippen MR) is 101 cm³/mol. The van der Waals surface area contributed by atoms with Gasteiger partial charge in [0.2, 0.25) is 0 Å². The first-order valence-corrected chi connectivity index (χ1v) is 9.06. The molecule has 25 heavy (non-hydrogen) atoms. The Morgan fingerprint density at radius 2 is 2.08 bits per heavy atom. The van der Waals surface area contributed by atoms with Crippen molar-refractivity contribution >= 4 is 40.8 Å². The summed E-state index contributed by atoms with van der Waals surface area (Å²) in [6, 6.07) is 14.9. The second-order valence-corrected chi connectivity index (χ2v) is 6.61. The zero-order chi connectivity index (χ0) is 17.8. The SMILES string of the molecule is CSc1cccc(NC(=O)c2nnn(Cc3cccc(Cl)c3)c2N)c1. The van der Waals surface area contributed by atoms with Crippen LogP contribution in [0.25, 0.3) is 0 Å². The molecule has 3 aromatic rings. The maximum absolute atomic E-state index is 12.4. The quantitative estimate of drug-likeness (QED) is 0.668. The van der Waals surface area contributed by atoms with Crippen LogP contribution in [0.2, 0.25) is 5.02 Å². The summed E-state index contributed by atoms with van der Waals surface area (Å²) < 4.78 is 1.47. The van der Waals surface area contributed by atoms with Crippen LogP contribution in [0, 0.1) is 0 Å². The number of nitrogen functional groups attached to an aromatic ring is 1. The molecule has 1 amide bonds. The molecule has 8 heteroatoms. The van der Waals surface area contributed by atoms with Crippen LogP contribution in [0.3, 0.4) is 0 Å². The predicted octanol–water partition coefficient (Wildman–Crippen LogP) is 3.54. The van der Waals surface area contributed by atoms with Gasteiger partial charge in [-0.2, -0.15) is 0 Å². The monoisotopic (exact) mass is 373 g/mol. The number of thioether (sulfide) groups is 1. The Kier molecular flexibility index (Phi) is 5.25. The van der Waals surface area contributed by atoms with E-state index in [0.717, 1.165) is 10.5 Å². The van der Waals surface area contributed by atoms with Gasteiger partial charge < -0.3 is 11.1 Å². The van der Waals surface area contributed by atoms with Crippen LogP contribution < -0.4 is 11.1 Å². The van der Waals surface area contributed by atoms with Gasteiger partial charge in [-0.05, 0) is 42.2 Å². The number of halogens is 1. The second-order valence-electron chi connectivity index (χ2n) is 5.30. The number of hydrogen-bond acceptors (Lipinski definition) is 5. The Balaban J connectivity index is 1.76. The third-order valence-electron chi connectivity index (χ3n) is 3.54. The first kappa shape index (κ1) is 17.3. The van der Waals surface area contributed by atoms with Gasteiger partial charge in [-0.3, -0.25) is 4.79 Å². The van der Waals surface area contributed by atoms with Crippen molar-refractivity contribution in [3.05, 3.63) is 64.8 Å². The highest BCUT2D eigenvalue weighted by Gasteiger charge is 2.18. The van der Waals surface area contributed by atoms with Crippen molar-refractivity contribution in [1.82, 2.24) is 15.0 Å². The number of hydrogen-bond donors (Lipinski definition) is 2. The largest absolute Gasteiger partial charge is 0.382 e. The fraction of sp³-hybridized carbons (Fsp3) is 0.118. The number of anilines is 2. The number of amides is 1. The summed E-state index contributed by atoms with van der Waals surface area (Å²) in [5, 5.41) is 11.3. The van der Waals surface area contributed by atoms with Crippen molar-refractivity contribution in [2.24, 2.45) is 0 Å². The van der Waals surface area contributed by atoms with E-state index in [0.29, 0.717) is 17.3 Å². The molecule has 0 unspecified atom stereocenters. The van der Waals surface area contributed by atoms with Gasteiger partial charge in [-0.1, -0.05) is 35.0 Å². The molecule has 0 atom stereocenters. The molecule has 6 nitrogen and oxygen atoms in total. The molecule has 0 bridgehead atoms. The lowest BCUT2D eigenvalue weighted by molar-refractivity contribution is 0.102. The molecule has 0 saturated heterocycles. The van der Waals surface area contributed by atoms with Crippen LogP contribution in [-0.2, 0) is 6.54 Å². The van der Waals surface area contributed by atoms with Crippen LogP contribution in [0.5, 0.6) is 0 Å². The van der Waals surface area contributed by atoms with Crippen molar-refractivity contribution in [3.8, 4) is 0 Å². The Morgan fingerprint density at radius 3 is 2.84 bits per heavy atom. The van der Waals surface area contributed by atoms with Gasteiger partial charge in [0.25, 0.3) is 5.91 Å². The van der Waals surface area contributed by atoms with Gasteiger partial charge >= 0.3 is 0 Å². The summed E-state index contributed by atoms with van der Waals surface area (Å²) in [6.07, 6.45) is 1.97. The lowest BCUT2D eigenvalue weighted by Gasteiger charge is -2.06. The minimum Gasteiger partial charge on any atom is -0.382 e. The highest BCUT2D eigenvalue weighted by molar-refractivity contribution is 7.98. The van der Waals surface area contributed by atoms with E-state index in [-0.39, 0.29) is 11.5 Å². The number of carbonyl (C=O) groups is 1. The molecule has 1 heterocycles. The molecule has 128 valence electrons. The van der Waals surface area contributed by atoms with Crippen LogP contribution in [-0.4, -0.2) is 27.2 Å². The first-order valence-electron chi connectivity index (χ1n) is 7.45. The number of aromatic nitrogens is 3. The van der Waals surface area contributed by atoms with Gasteiger partial charge in [0.15, 0.2) is 11.5 Å². The number of carbonyl (C=O) groups excluding carboxylic acids is 1. The van der Waals surface area contributed by atoms with E-state index in [1.807, 2.05) is 48.7 Å². The molecule has 1 aromatic heterocycles. The minimum absolute atomic E-state index is 0.0941. The van der Waals surface area contributed by atoms with Crippen molar-refractivity contribution in [1.29, 1.82) is 0 Å². The van der Waals surface area contributed by atoms with E-state index in [2.05, 4.69) is 15.6 Å². The van der Waals surface area contributed by atoms with Gasteiger partial charge in [-0.15, -0.1) is 16.9 Å². The maximum Gasteiger partial charge on any atom is 0.280 e. The van der Waals surface area contributed by atoms with Crippen molar-refractivity contribution in [3.63, 3.8) is 0 Å². The molecule has 0 spiro atoms. The highest BCUT2D eigenvalue weighted by atomic mass is 35.5. The summed E-state index contributed by atoms with van der Waals surface area (Å²) in [5.74, 6) is -0.188. The molecule has 3 rings (SSSR count). The zero-order valence-corrected chi connectivity index (χ0v) is 15.0. The molecule has 0 aliphatic carbocycles. The number of nitrogens with zero attached hydrogens (tertiary/aromatic N) is 3. The average molecular weight is 374 g/mol. The Labute approximate surface area is 154 Å². The number of rotatable bonds is 5. The zero-order valence-electron chi connectivity index (χ0n) is 13.4. The average Bonchev–Trinajstić information content (AvgIpc) is 2.96. The van der Waals surface area contributed by atoms with E-state index in [1.165, 1.54) is 4.68 Å². The van der Waals surface area contributed by atoms with Crippen LogP contribution in [0.1, 0.15) is 16.1 Å². The molecule has 0 radical (unpaired) electrons. The summed E-state index contributed by atoms with van der Waals surface area (Å²) in [4.78, 5) is 13.5. The van der Waals surface area contributed by atoms with Crippen LogP contribution >= 0.6 is 23.4 Å². The van der Waals surface area contributed by atoms with Crippen molar-refractivity contribution < 1.29 is 4.79 Å². The molecule has 3 N–H and O–H groups in total.